The highest BCUT2D eigenvalue weighted by molar-refractivity contribution is 9.10. The van der Waals surface area contributed by atoms with Gasteiger partial charge >= 0.3 is 0 Å². The third-order valence-electron chi connectivity index (χ3n) is 5.02. The van der Waals surface area contributed by atoms with Gasteiger partial charge in [0.25, 0.3) is 5.91 Å². The van der Waals surface area contributed by atoms with Crippen molar-refractivity contribution in [3.8, 4) is 0 Å². The minimum atomic E-state index is -3.51. The zero-order chi connectivity index (χ0) is 20.6. The molecule has 0 radical (unpaired) electrons. The van der Waals surface area contributed by atoms with Crippen LogP contribution >= 0.6 is 27.3 Å². The minimum absolute atomic E-state index is 0.216. The molecule has 0 spiro atoms. The van der Waals surface area contributed by atoms with Crippen LogP contribution in [0.3, 0.4) is 0 Å². The van der Waals surface area contributed by atoms with Gasteiger partial charge in [-0.3, -0.25) is 4.79 Å². The fourth-order valence-corrected chi connectivity index (χ4v) is 6.48. The van der Waals surface area contributed by atoms with E-state index in [1.54, 1.807) is 0 Å². The van der Waals surface area contributed by atoms with Crippen LogP contribution in [-0.2, 0) is 17.1 Å². The number of hydrogen-bond acceptors (Lipinski definition) is 4. The number of benzene rings is 2. The number of fused-ring (bicyclic) bond motifs is 1. The zero-order valence-corrected chi connectivity index (χ0v) is 19.1. The van der Waals surface area contributed by atoms with Crippen molar-refractivity contribution < 1.29 is 13.2 Å². The fourth-order valence-electron chi connectivity index (χ4n) is 3.39. The van der Waals surface area contributed by atoms with E-state index in [0.717, 1.165) is 34.0 Å². The average Bonchev–Trinajstić information content (AvgIpc) is 3.03. The second kappa shape index (κ2) is 8.14. The maximum Gasteiger partial charge on any atom is 0.279 e. The van der Waals surface area contributed by atoms with Crippen LogP contribution < -0.4 is 4.80 Å². The first-order valence-electron chi connectivity index (χ1n) is 9.30. The predicted octanol–water partition coefficient (Wildman–Crippen LogP) is 3.92. The summed E-state index contributed by atoms with van der Waals surface area (Å²) in [4.78, 5) is 17.7. The number of nitrogens with zero attached hydrogens (tertiary/aromatic N) is 3. The molecule has 4 rings (SSSR count). The SMILES string of the molecule is Cn1c(=NC(=O)c2ccc(S(=O)(=O)N3CCCCC3)cc2)sc2cc(Br)ccc21. The topological polar surface area (TPSA) is 71.7 Å². The highest BCUT2D eigenvalue weighted by atomic mass is 79.9. The van der Waals surface area contributed by atoms with Crippen LogP contribution in [0.25, 0.3) is 10.2 Å². The van der Waals surface area contributed by atoms with Crippen molar-refractivity contribution in [1.82, 2.24) is 8.87 Å². The van der Waals surface area contributed by atoms with E-state index in [1.807, 2.05) is 29.8 Å². The lowest BCUT2D eigenvalue weighted by atomic mass is 10.2. The summed E-state index contributed by atoms with van der Waals surface area (Å²) in [6.07, 6.45) is 2.84. The van der Waals surface area contributed by atoms with Crippen LogP contribution in [0.2, 0.25) is 0 Å². The molecule has 1 saturated heterocycles. The van der Waals surface area contributed by atoms with Crippen LogP contribution in [0.1, 0.15) is 29.6 Å². The number of rotatable bonds is 3. The van der Waals surface area contributed by atoms with Gasteiger partial charge in [0.2, 0.25) is 10.0 Å². The van der Waals surface area contributed by atoms with E-state index in [4.69, 9.17) is 0 Å². The van der Waals surface area contributed by atoms with Gasteiger partial charge in [0.15, 0.2) is 4.80 Å². The molecular weight excluding hydrogens is 474 g/mol. The minimum Gasteiger partial charge on any atom is -0.319 e. The molecule has 0 N–H and O–H groups in total. The summed E-state index contributed by atoms with van der Waals surface area (Å²) in [6.45, 7) is 1.10. The number of aryl methyl sites for hydroxylation is 1. The molecule has 2 aromatic carbocycles. The first-order valence-corrected chi connectivity index (χ1v) is 12.4. The summed E-state index contributed by atoms with van der Waals surface area (Å²) in [6, 6.07) is 12.0. The first-order chi connectivity index (χ1) is 13.9. The average molecular weight is 494 g/mol. The maximum atomic E-state index is 12.7. The van der Waals surface area contributed by atoms with Crippen molar-refractivity contribution in [1.29, 1.82) is 0 Å². The van der Waals surface area contributed by atoms with Gasteiger partial charge in [-0.25, -0.2) is 8.42 Å². The van der Waals surface area contributed by atoms with E-state index in [-0.39, 0.29) is 4.90 Å². The second-order valence-electron chi connectivity index (χ2n) is 6.96. The van der Waals surface area contributed by atoms with Crippen LogP contribution in [-0.4, -0.2) is 36.3 Å². The Hall–Kier alpha value is -1.81. The van der Waals surface area contributed by atoms with E-state index in [2.05, 4.69) is 20.9 Å². The largest absolute Gasteiger partial charge is 0.319 e. The normalized spacial score (nSPS) is 16.4. The lowest BCUT2D eigenvalue weighted by Crippen LogP contribution is -2.35. The van der Waals surface area contributed by atoms with Crippen molar-refractivity contribution in [2.24, 2.45) is 12.0 Å². The number of amides is 1. The molecule has 0 saturated carbocycles. The Balaban J connectivity index is 1.62. The van der Waals surface area contributed by atoms with E-state index in [0.29, 0.717) is 23.5 Å². The molecule has 0 unspecified atom stereocenters. The number of carbonyl (C=O) groups excluding carboxylic acids is 1. The van der Waals surface area contributed by atoms with Gasteiger partial charge in [0, 0.05) is 30.2 Å². The molecule has 1 amide bonds. The summed E-state index contributed by atoms with van der Waals surface area (Å²) < 4.78 is 30.9. The number of thiazole rings is 1. The molecule has 3 aromatic rings. The summed E-state index contributed by atoms with van der Waals surface area (Å²) in [5, 5.41) is 0. The Morgan fingerprint density at radius 1 is 1.07 bits per heavy atom. The van der Waals surface area contributed by atoms with E-state index in [9.17, 15) is 13.2 Å². The molecule has 0 bridgehead atoms. The summed E-state index contributed by atoms with van der Waals surface area (Å²) in [5.74, 6) is -0.395. The van der Waals surface area contributed by atoms with E-state index < -0.39 is 15.9 Å². The Bertz CT molecular complexity index is 1240. The number of halogens is 1. The third kappa shape index (κ3) is 4.09. The lowest BCUT2D eigenvalue weighted by molar-refractivity contribution is 0.0998. The fraction of sp³-hybridized carbons (Fsp3) is 0.300. The third-order valence-corrected chi connectivity index (χ3v) is 8.52. The molecule has 0 aliphatic carbocycles. The summed E-state index contributed by atoms with van der Waals surface area (Å²) in [5.41, 5.74) is 1.36. The van der Waals surface area contributed by atoms with Crippen molar-refractivity contribution in [3.63, 3.8) is 0 Å². The number of hydrogen-bond donors (Lipinski definition) is 0. The van der Waals surface area contributed by atoms with E-state index in [1.165, 1.54) is 39.9 Å². The monoisotopic (exact) mass is 493 g/mol. The Morgan fingerprint density at radius 2 is 1.76 bits per heavy atom. The summed E-state index contributed by atoms with van der Waals surface area (Å²) in [7, 11) is -1.64. The smallest absolute Gasteiger partial charge is 0.279 e. The van der Waals surface area contributed by atoms with Gasteiger partial charge in [-0.15, -0.1) is 0 Å². The molecule has 1 aliphatic rings. The number of piperidine rings is 1. The molecule has 6 nitrogen and oxygen atoms in total. The highest BCUT2D eigenvalue weighted by Crippen LogP contribution is 2.22. The quantitative estimate of drug-likeness (QED) is 0.554. The zero-order valence-electron chi connectivity index (χ0n) is 15.8. The van der Waals surface area contributed by atoms with Crippen LogP contribution in [0.15, 0.2) is 56.8 Å². The maximum absolute atomic E-state index is 12.7. The van der Waals surface area contributed by atoms with E-state index >= 15 is 0 Å². The first kappa shape index (κ1) is 20.5. The van der Waals surface area contributed by atoms with Gasteiger partial charge in [0.05, 0.1) is 15.1 Å². The van der Waals surface area contributed by atoms with Crippen LogP contribution in [0.5, 0.6) is 0 Å². The molecule has 29 heavy (non-hydrogen) atoms. The van der Waals surface area contributed by atoms with Crippen molar-refractivity contribution >= 4 is 53.4 Å². The predicted molar refractivity (Wildman–Crippen MR) is 117 cm³/mol. The molecule has 1 fully saturated rings. The molecule has 0 atom stereocenters. The van der Waals surface area contributed by atoms with Gasteiger partial charge in [-0.1, -0.05) is 33.7 Å². The molecule has 9 heteroatoms. The highest BCUT2D eigenvalue weighted by Gasteiger charge is 2.25. The molecule has 1 aromatic heterocycles. The van der Waals surface area contributed by atoms with Crippen LogP contribution in [0, 0.1) is 0 Å². The van der Waals surface area contributed by atoms with Crippen molar-refractivity contribution in [2.75, 3.05) is 13.1 Å². The van der Waals surface area contributed by atoms with Gasteiger partial charge in [-0.2, -0.15) is 9.30 Å². The van der Waals surface area contributed by atoms with Crippen LogP contribution in [0.4, 0.5) is 0 Å². The number of aromatic nitrogens is 1. The molecule has 1 aliphatic heterocycles. The number of carbonyl (C=O) groups is 1. The Morgan fingerprint density at radius 3 is 2.45 bits per heavy atom. The molecule has 2 heterocycles. The van der Waals surface area contributed by atoms with Gasteiger partial charge < -0.3 is 4.57 Å². The standard InChI is InChI=1S/C20H20BrN3O3S2/c1-23-17-10-7-15(21)13-18(17)28-20(23)22-19(25)14-5-8-16(9-6-14)29(26,27)24-11-3-2-4-12-24/h5-10,13H,2-4,11-12H2,1H3. The molecule has 152 valence electrons. The van der Waals surface area contributed by atoms with Gasteiger partial charge in [-0.05, 0) is 55.3 Å². The number of sulfonamides is 1. The molecular formula is C20H20BrN3O3S2. The van der Waals surface area contributed by atoms with Crippen molar-refractivity contribution in [2.45, 2.75) is 24.2 Å². The Kier molecular flexibility index (Phi) is 5.74. The Labute approximate surface area is 181 Å². The second-order valence-corrected chi connectivity index (χ2v) is 10.8. The van der Waals surface area contributed by atoms with Gasteiger partial charge in [0.1, 0.15) is 0 Å². The summed E-state index contributed by atoms with van der Waals surface area (Å²) >= 11 is 4.88. The van der Waals surface area contributed by atoms with Crippen molar-refractivity contribution in [3.05, 3.63) is 57.3 Å². The lowest BCUT2D eigenvalue weighted by Gasteiger charge is -2.25.